The quantitative estimate of drug-likeness (QED) is 0.832. The summed E-state index contributed by atoms with van der Waals surface area (Å²) in [7, 11) is 0. The van der Waals surface area contributed by atoms with Crippen molar-refractivity contribution in [3.8, 4) is 0 Å². The molecule has 0 aromatic heterocycles. The van der Waals surface area contributed by atoms with Crippen molar-refractivity contribution in [1.29, 1.82) is 0 Å². The molecule has 0 radical (unpaired) electrons. The summed E-state index contributed by atoms with van der Waals surface area (Å²) < 4.78 is 0. The van der Waals surface area contributed by atoms with E-state index in [0.717, 1.165) is 0 Å². The number of nitrogens with one attached hydrogen (secondary N) is 2. The molecule has 0 aliphatic carbocycles. The van der Waals surface area contributed by atoms with Gasteiger partial charge in [-0.1, -0.05) is 36.4 Å². The van der Waals surface area contributed by atoms with Crippen LogP contribution in [0.3, 0.4) is 0 Å². The number of rotatable bonds is 1. The summed E-state index contributed by atoms with van der Waals surface area (Å²) in [6.45, 7) is 0. The van der Waals surface area contributed by atoms with Crippen molar-refractivity contribution in [2.75, 3.05) is 10.6 Å². The molecule has 1 aliphatic rings. The fraction of sp³-hybridized carbons (Fsp3) is 0. The van der Waals surface area contributed by atoms with Crippen LogP contribution in [-0.4, -0.2) is 17.6 Å². The van der Waals surface area contributed by atoms with E-state index >= 15 is 0 Å². The number of amides is 3. The molecule has 2 aromatic rings. The number of para-hydroxylation sites is 2. The average Bonchev–Trinajstić information content (AvgIpc) is 2.76. The predicted octanol–water partition coefficient (Wildman–Crippen LogP) is 2.66. The fourth-order valence-corrected chi connectivity index (χ4v) is 1.99. The van der Waals surface area contributed by atoms with Gasteiger partial charge in [0, 0.05) is 11.3 Å². The summed E-state index contributed by atoms with van der Waals surface area (Å²) in [6, 6.07) is 15.5. The van der Waals surface area contributed by atoms with Crippen molar-refractivity contribution >= 4 is 29.0 Å². The smallest absolute Gasteiger partial charge is 0.320 e. The molecule has 98 valence electrons. The molecule has 0 saturated carbocycles. The SMILES string of the molecule is O=C(/N=C1\C(=O)Nc2ccccc21)Nc1ccccc1. The summed E-state index contributed by atoms with van der Waals surface area (Å²) in [4.78, 5) is 27.5. The Kier molecular flexibility index (Phi) is 3.01. The zero-order chi connectivity index (χ0) is 13.9. The lowest BCUT2D eigenvalue weighted by Gasteiger charge is -2.01. The molecule has 2 aromatic carbocycles. The van der Waals surface area contributed by atoms with Crippen LogP contribution in [0, 0.1) is 0 Å². The Morgan fingerprint density at radius 1 is 1.00 bits per heavy atom. The third-order valence-electron chi connectivity index (χ3n) is 2.88. The number of aliphatic imine (C=N–C) groups is 1. The van der Waals surface area contributed by atoms with Crippen LogP contribution in [0.25, 0.3) is 0 Å². The Morgan fingerprint density at radius 2 is 1.70 bits per heavy atom. The van der Waals surface area contributed by atoms with Gasteiger partial charge in [-0.3, -0.25) is 4.79 Å². The number of hydrogen-bond donors (Lipinski definition) is 2. The molecule has 20 heavy (non-hydrogen) atoms. The second kappa shape index (κ2) is 4.97. The first-order valence-electron chi connectivity index (χ1n) is 6.09. The largest absolute Gasteiger partial charge is 0.346 e. The molecule has 0 unspecified atom stereocenters. The molecule has 1 aliphatic heterocycles. The van der Waals surface area contributed by atoms with Crippen molar-refractivity contribution in [2.45, 2.75) is 0 Å². The molecule has 0 spiro atoms. The Morgan fingerprint density at radius 3 is 2.50 bits per heavy atom. The minimum Gasteiger partial charge on any atom is -0.320 e. The second-order valence-corrected chi connectivity index (χ2v) is 4.26. The Labute approximate surface area is 115 Å². The zero-order valence-electron chi connectivity index (χ0n) is 10.5. The van der Waals surface area contributed by atoms with E-state index in [2.05, 4.69) is 15.6 Å². The number of carbonyl (C=O) groups is 2. The van der Waals surface area contributed by atoms with Crippen molar-refractivity contribution in [1.82, 2.24) is 0 Å². The number of carbonyl (C=O) groups excluding carboxylic acids is 2. The van der Waals surface area contributed by atoms with Crippen LogP contribution in [0.2, 0.25) is 0 Å². The van der Waals surface area contributed by atoms with Crippen LogP contribution in [0.4, 0.5) is 16.2 Å². The van der Waals surface area contributed by atoms with Crippen LogP contribution in [0.1, 0.15) is 5.56 Å². The minimum atomic E-state index is -0.571. The minimum absolute atomic E-state index is 0.133. The summed E-state index contributed by atoms with van der Waals surface area (Å²) in [5, 5.41) is 5.28. The Balaban J connectivity index is 1.85. The summed E-state index contributed by atoms with van der Waals surface area (Å²) in [5.74, 6) is -0.366. The van der Waals surface area contributed by atoms with E-state index in [1.165, 1.54) is 0 Å². The molecule has 2 N–H and O–H groups in total. The average molecular weight is 265 g/mol. The lowest BCUT2D eigenvalue weighted by molar-refractivity contribution is -0.110. The van der Waals surface area contributed by atoms with Crippen molar-refractivity contribution in [3.63, 3.8) is 0 Å². The monoisotopic (exact) mass is 265 g/mol. The summed E-state index contributed by atoms with van der Waals surface area (Å²) in [5.41, 5.74) is 2.08. The van der Waals surface area contributed by atoms with E-state index in [-0.39, 0.29) is 11.6 Å². The van der Waals surface area contributed by atoms with Gasteiger partial charge >= 0.3 is 6.03 Å². The van der Waals surface area contributed by atoms with Gasteiger partial charge in [-0.15, -0.1) is 0 Å². The fourth-order valence-electron chi connectivity index (χ4n) is 1.99. The first-order chi connectivity index (χ1) is 9.74. The molecule has 5 heteroatoms. The van der Waals surface area contributed by atoms with Crippen LogP contribution < -0.4 is 10.6 Å². The van der Waals surface area contributed by atoms with Gasteiger partial charge in [-0.05, 0) is 18.2 Å². The molecule has 0 atom stereocenters. The van der Waals surface area contributed by atoms with Gasteiger partial charge in [-0.25, -0.2) is 4.79 Å². The Hall–Kier alpha value is -2.95. The van der Waals surface area contributed by atoms with Gasteiger partial charge in [0.05, 0.1) is 5.69 Å². The van der Waals surface area contributed by atoms with Crippen molar-refractivity contribution < 1.29 is 9.59 Å². The van der Waals surface area contributed by atoms with E-state index in [4.69, 9.17) is 0 Å². The highest BCUT2D eigenvalue weighted by Crippen LogP contribution is 2.22. The van der Waals surface area contributed by atoms with Gasteiger partial charge in [-0.2, -0.15) is 4.99 Å². The molecule has 1 heterocycles. The molecule has 0 bridgehead atoms. The van der Waals surface area contributed by atoms with Crippen LogP contribution in [0.15, 0.2) is 59.6 Å². The summed E-state index contributed by atoms with van der Waals surface area (Å²) >= 11 is 0. The number of nitrogens with zero attached hydrogens (tertiary/aromatic N) is 1. The van der Waals surface area contributed by atoms with Crippen LogP contribution >= 0.6 is 0 Å². The molecule has 5 nitrogen and oxygen atoms in total. The highest BCUT2D eigenvalue weighted by molar-refractivity contribution is 6.54. The lowest BCUT2D eigenvalue weighted by atomic mass is 10.1. The van der Waals surface area contributed by atoms with Gasteiger partial charge in [0.1, 0.15) is 5.71 Å². The molecule has 3 rings (SSSR count). The first kappa shape index (κ1) is 12.1. The number of benzene rings is 2. The van der Waals surface area contributed by atoms with Gasteiger partial charge in [0.2, 0.25) is 0 Å². The summed E-state index contributed by atoms with van der Waals surface area (Å²) in [6.07, 6.45) is 0. The predicted molar refractivity (Wildman–Crippen MR) is 77.1 cm³/mol. The molecular weight excluding hydrogens is 254 g/mol. The van der Waals surface area contributed by atoms with Crippen LogP contribution in [-0.2, 0) is 4.79 Å². The number of hydrogen-bond acceptors (Lipinski definition) is 2. The van der Waals surface area contributed by atoms with Crippen molar-refractivity contribution in [3.05, 3.63) is 60.2 Å². The zero-order valence-corrected chi connectivity index (χ0v) is 10.5. The molecule has 0 fully saturated rings. The maximum Gasteiger partial charge on any atom is 0.346 e. The van der Waals surface area contributed by atoms with Gasteiger partial charge in [0.15, 0.2) is 0 Å². The number of urea groups is 1. The highest BCUT2D eigenvalue weighted by atomic mass is 16.2. The second-order valence-electron chi connectivity index (χ2n) is 4.26. The van der Waals surface area contributed by atoms with E-state index in [1.54, 1.807) is 42.5 Å². The van der Waals surface area contributed by atoms with E-state index in [0.29, 0.717) is 16.9 Å². The molecule has 0 saturated heterocycles. The Bertz CT molecular complexity index is 708. The molecule has 3 amide bonds. The maximum atomic E-state index is 11.8. The topological polar surface area (TPSA) is 70.6 Å². The highest BCUT2D eigenvalue weighted by Gasteiger charge is 2.26. The third kappa shape index (κ3) is 2.29. The molecular formula is C15H11N3O2. The van der Waals surface area contributed by atoms with E-state index in [1.807, 2.05) is 12.1 Å². The van der Waals surface area contributed by atoms with E-state index in [9.17, 15) is 9.59 Å². The van der Waals surface area contributed by atoms with Gasteiger partial charge < -0.3 is 10.6 Å². The lowest BCUT2D eigenvalue weighted by Crippen LogP contribution is -2.18. The standard InChI is InChI=1S/C15H11N3O2/c19-14-13(11-8-4-5-9-12(11)17-14)18-15(20)16-10-6-2-1-3-7-10/h1-9H,(H2,16,17,18,19,20). The van der Waals surface area contributed by atoms with Gasteiger partial charge in [0.25, 0.3) is 5.91 Å². The number of anilines is 2. The first-order valence-corrected chi connectivity index (χ1v) is 6.09. The van der Waals surface area contributed by atoms with Crippen LogP contribution in [0.5, 0.6) is 0 Å². The normalized spacial score (nSPS) is 14.8. The maximum absolute atomic E-state index is 11.8. The van der Waals surface area contributed by atoms with E-state index < -0.39 is 6.03 Å². The number of fused-ring (bicyclic) bond motifs is 1. The van der Waals surface area contributed by atoms with Crippen molar-refractivity contribution in [2.24, 2.45) is 4.99 Å². The third-order valence-corrected chi connectivity index (χ3v) is 2.88.